The van der Waals surface area contributed by atoms with Gasteiger partial charge in [0.05, 0.1) is 9.82 Å². The van der Waals surface area contributed by atoms with E-state index in [-0.39, 0.29) is 10.6 Å². The Morgan fingerprint density at radius 3 is 2.50 bits per heavy atom. The average molecular weight is 270 g/mol. The van der Waals surface area contributed by atoms with Gasteiger partial charge in [0.2, 0.25) is 0 Å². The Bertz CT molecular complexity index is 482. The first-order valence-electron chi connectivity index (χ1n) is 5.16. The molecule has 0 spiro atoms. The lowest BCUT2D eigenvalue weighted by atomic mass is 10.2. The number of thiol groups is 1. The van der Waals surface area contributed by atoms with Gasteiger partial charge < -0.3 is 4.74 Å². The van der Waals surface area contributed by atoms with Gasteiger partial charge in [0.25, 0.3) is 5.69 Å². The summed E-state index contributed by atoms with van der Waals surface area (Å²) in [6.45, 7) is 5.23. The van der Waals surface area contributed by atoms with E-state index in [2.05, 4.69) is 17.9 Å². The summed E-state index contributed by atoms with van der Waals surface area (Å²) in [7, 11) is 0. The molecule has 1 aromatic carbocycles. The van der Waals surface area contributed by atoms with Crippen LogP contribution < -0.4 is 5.32 Å². The predicted molar refractivity (Wildman–Crippen MR) is 70.2 cm³/mol. The molecule has 0 unspecified atom stereocenters. The Balaban J connectivity index is 2.78. The van der Waals surface area contributed by atoms with Crippen LogP contribution in [-0.2, 0) is 4.74 Å². The topological polar surface area (TPSA) is 81.5 Å². The second kappa shape index (κ2) is 5.26. The first kappa shape index (κ1) is 14.3. The van der Waals surface area contributed by atoms with Crippen LogP contribution in [-0.4, -0.2) is 16.6 Å². The molecule has 0 saturated heterocycles. The minimum absolute atomic E-state index is 0.118. The molecule has 0 aliphatic heterocycles. The third-order valence-corrected chi connectivity index (χ3v) is 2.18. The Kier molecular flexibility index (Phi) is 4.18. The SMILES string of the molecule is CC(C)(C)OC(=O)Nc1ccc([N+](=O)[O-])c(S)c1. The van der Waals surface area contributed by atoms with E-state index < -0.39 is 16.6 Å². The lowest BCUT2D eigenvalue weighted by Crippen LogP contribution is -2.27. The number of nitrogens with one attached hydrogen (secondary N) is 1. The average Bonchev–Trinajstić information content (AvgIpc) is 2.13. The molecular formula is C11H14N2O4S. The molecule has 0 fully saturated rings. The number of benzene rings is 1. The van der Waals surface area contributed by atoms with Crippen molar-refractivity contribution in [1.29, 1.82) is 0 Å². The van der Waals surface area contributed by atoms with Gasteiger partial charge in [0, 0.05) is 11.8 Å². The molecule has 1 aromatic rings. The van der Waals surface area contributed by atoms with Crippen molar-refractivity contribution in [2.24, 2.45) is 0 Å². The van der Waals surface area contributed by atoms with Gasteiger partial charge in [-0.3, -0.25) is 15.4 Å². The monoisotopic (exact) mass is 270 g/mol. The van der Waals surface area contributed by atoms with Crippen molar-refractivity contribution in [3.8, 4) is 0 Å². The van der Waals surface area contributed by atoms with Crippen molar-refractivity contribution in [3.63, 3.8) is 0 Å². The number of hydrogen-bond donors (Lipinski definition) is 2. The molecule has 0 aliphatic carbocycles. The van der Waals surface area contributed by atoms with Gasteiger partial charge >= 0.3 is 6.09 Å². The van der Waals surface area contributed by atoms with Gasteiger partial charge in [-0.1, -0.05) is 0 Å². The highest BCUT2D eigenvalue weighted by Crippen LogP contribution is 2.25. The number of hydrogen-bond acceptors (Lipinski definition) is 5. The number of nitro benzene ring substituents is 1. The van der Waals surface area contributed by atoms with Crippen LogP contribution in [0.15, 0.2) is 23.1 Å². The number of carbonyl (C=O) groups is 1. The Hall–Kier alpha value is -1.76. The fourth-order valence-electron chi connectivity index (χ4n) is 1.18. The normalized spacial score (nSPS) is 10.9. The highest BCUT2D eigenvalue weighted by Gasteiger charge is 2.17. The zero-order valence-corrected chi connectivity index (χ0v) is 11.2. The molecule has 1 rings (SSSR count). The molecule has 0 saturated carbocycles. The maximum absolute atomic E-state index is 11.5. The molecule has 0 heterocycles. The highest BCUT2D eigenvalue weighted by molar-refractivity contribution is 7.80. The van der Waals surface area contributed by atoms with Crippen LogP contribution in [0.2, 0.25) is 0 Å². The predicted octanol–water partition coefficient (Wildman–Crippen LogP) is 3.23. The Morgan fingerprint density at radius 2 is 2.06 bits per heavy atom. The van der Waals surface area contributed by atoms with Crippen LogP contribution >= 0.6 is 12.6 Å². The van der Waals surface area contributed by atoms with E-state index in [1.807, 2.05) is 0 Å². The van der Waals surface area contributed by atoms with Crippen molar-refractivity contribution in [2.45, 2.75) is 31.3 Å². The van der Waals surface area contributed by atoms with Crippen molar-refractivity contribution < 1.29 is 14.5 Å². The number of nitrogens with zero attached hydrogens (tertiary/aromatic N) is 1. The number of anilines is 1. The van der Waals surface area contributed by atoms with Gasteiger partial charge in [-0.2, -0.15) is 0 Å². The van der Waals surface area contributed by atoms with Gasteiger partial charge in [-0.25, -0.2) is 4.79 Å². The third kappa shape index (κ3) is 4.25. The fourth-order valence-corrected chi connectivity index (χ4v) is 1.47. The van der Waals surface area contributed by atoms with Crippen LogP contribution in [0, 0.1) is 10.1 Å². The number of amides is 1. The lowest BCUT2D eigenvalue weighted by Gasteiger charge is -2.19. The number of nitro groups is 1. The highest BCUT2D eigenvalue weighted by atomic mass is 32.1. The summed E-state index contributed by atoms with van der Waals surface area (Å²) < 4.78 is 5.05. The second-order valence-electron chi connectivity index (χ2n) is 4.59. The largest absolute Gasteiger partial charge is 0.444 e. The Morgan fingerprint density at radius 1 is 1.44 bits per heavy atom. The van der Waals surface area contributed by atoms with E-state index >= 15 is 0 Å². The van der Waals surface area contributed by atoms with E-state index in [9.17, 15) is 14.9 Å². The van der Waals surface area contributed by atoms with Crippen LogP contribution in [0.3, 0.4) is 0 Å². The second-order valence-corrected chi connectivity index (χ2v) is 5.07. The molecule has 0 aromatic heterocycles. The summed E-state index contributed by atoms with van der Waals surface area (Å²) in [5.41, 5.74) is -0.331. The molecule has 0 bridgehead atoms. The standard InChI is InChI=1S/C11H14N2O4S/c1-11(2,3)17-10(14)12-7-4-5-8(13(15)16)9(18)6-7/h4-6,18H,1-3H3,(H,12,14). The minimum atomic E-state index is -0.621. The van der Waals surface area contributed by atoms with E-state index in [1.165, 1.54) is 18.2 Å². The molecule has 0 radical (unpaired) electrons. The van der Waals surface area contributed by atoms with E-state index in [1.54, 1.807) is 20.8 Å². The molecule has 0 aliphatic rings. The first-order chi connectivity index (χ1) is 8.19. The third-order valence-electron chi connectivity index (χ3n) is 1.82. The van der Waals surface area contributed by atoms with Gasteiger partial charge in [-0.15, -0.1) is 12.6 Å². The molecule has 7 heteroatoms. The minimum Gasteiger partial charge on any atom is -0.444 e. The van der Waals surface area contributed by atoms with Gasteiger partial charge in [-0.05, 0) is 32.9 Å². The van der Waals surface area contributed by atoms with Crippen molar-refractivity contribution in [3.05, 3.63) is 28.3 Å². The zero-order valence-electron chi connectivity index (χ0n) is 10.3. The van der Waals surface area contributed by atoms with E-state index in [0.717, 1.165) is 0 Å². The summed E-state index contributed by atoms with van der Waals surface area (Å²) >= 11 is 3.98. The molecule has 1 N–H and O–H groups in total. The zero-order chi connectivity index (χ0) is 13.9. The van der Waals surface area contributed by atoms with Crippen molar-refractivity contribution >= 4 is 30.1 Å². The molecule has 0 atom stereocenters. The van der Waals surface area contributed by atoms with Gasteiger partial charge in [0.1, 0.15) is 5.60 Å². The summed E-state index contributed by atoms with van der Waals surface area (Å²) in [4.78, 5) is 21.7. The van der Waals surface area contributed by atoms with E-state index in [0.29, 0.717) is 5.69 Å². The number of ether oxygens (including phenoxy) is 1. The Labute approximate surface area is 110 Å². The molecule has 1 amide bonds. The smallest absolute Gasteiger partial charge is 0.412 e. The van der Waals surface area contributed by atoms with E-state index in [4.69, 9.17) is 4.74 Å². The van der Waals surface area contributed by atoms with Crippen LogP contribution in [0.5, 0.6) is 0 Å². The lowest BCUT2D eigenvalue weighted by molar-refractivity contribution is -0.387. The number of carbonyl (C=O) groups excluding carboxylic acids is 1. The molecule has 6 nitrogen and oxygen atoms in total. The molecule has 18 heavy (non-hydrogen) atoms. The molecular weight excluding hydrogens is 256 g/mol. The summed E-state index contributed by atoms with van der Waals surface area (Å²) in [5.74, 6) is 0. The molecule has 98 valence electrons. The summed E-state index contributed by atoms with van der Waals surface area (Å²) in [6.07, 6.45) is -0.621. The van der Waals surface area contributed by atoms with Crippen LogP contribution in [0.4, 0.5) is 16.2 Å². The van der Waals surface area contributed by atoms with Crippen molar-refractivity contribution in [2.75, 3.05) is 5.32 Å². The van der Waals surface area contributed by atoms with Gasteiger partial charge in [0.15, 0.2) is 0 Å². The fraction of sp³-hybridized carbons (Fsp3) is 0.364. The van der Waals surface area contributed by atoms with Crippen LogP contribution in [0.25, 0.3) is 0 Å². The van der Waals surface area contributed by atoms with Crippen molar-refractivity contribution in [1.82, 2.24) is 0 Å². The first-order valence-corrected chi connectivity index (χ1v) is 5.61. The summed E-state index contributed by atoms with van der Waals surface area (Å²) in [6, 6.07) is 4.09. The van der Waals surface area contributed by atoms with Crippen LogP contribution in [0.1, 0.15) is 20.8 Å². The maximum Gasteiger partial charge on any atom is 0.412 e. The quantitative estimate of drug-likeness (QED) is 0.491. The summed E-state index contributed by atoms with van der Waals surface area (Å²) in [5, 5.41) is 13.1. The number of rotatable bonds is 2. The maximum atomic E-state index is 11.5.